The predicted molar refractivity (Wildman–Crippen MR) is 57.7 cm³/mol. The van der Waals surface area contributed by atoms with Gasteiger partial charge in [-0.25, -0.2) is 13.1 Å². The van der Waals surface area contributed by atoms with Crippen LogP contribution in [0.25, 0.3) is 0 Å². The molecule has 0 aliphatic heterocycles. The van der Waals surface area contributed by atoms with Crippen molar-refractivity contribution in [2.24, 2.45) is 0 Å². The molecule has 0 spiro atoms. The van der Waals surface area contributed by atoms with E-state index < -0.39 is 10.0 Å². The topological polar surface area (TPSA) is 58.2 Å². The number of nitrogens with one attached hydrogen (secondary N) is 2. The van der Waals surface area contributed by atoms with Crippen LogP contribution in [0.3, 0.4) is 0 Å². The second-order valence-corrected chi connectivity index (χ2v) is 6.13. The molecule has 0 unspecified atom stereocenters. The molecule has 5 heteroatoms. The summed E-state index contributed by atoms with van der Waals surface area (Å²) in [5.41, 5.74) is -0.188. The lowest BCUT2D eigenvalue weighted by atomic mass is 10.0. The molecule has 2 N–H and O–H groups in total. The minimum absolute atomic E-state index is 0.166. The van der Waals surface area contributed by atoms with Crippen molar-refractivity contribution in [3.63, 3.8) is 0 Å². The Balaban J connectivity index is 2.49. The summed E-state index contributed by atoms with van der Waals surface area (Å²) >= 11 is 0. The van der Waals surface area contributed by atoms with E-state index in [1.165, 1.54) is 0 Å². The lowest BCUT2D eigenvalue weighted by Crippen LogP contribution is -2.45. The normalized spacial score (nSPS) is 21.3. The zero-order valence-corrected chi connectivity index (χ0v) is 9.78. The maximum atomic E-state index is 11.6. The molecule has 0 bridgehead atoms. The quantitative estimate of drug-likeness (QED) is 0.707. The van der Waals surface area contributed by atoms with E-state index in [1.807, 2.05) is 6.92 Å². The van der Waals surface area contributed by atoms with Crippen molar-refractivity contribution in [1.82, 2.24) is 10.0 Å². The Labute approximate surface area is 86.5 Å². The van der Waals surface area contributed by atoms with Crippen molar-refractivity contribution in [2.45, 2.75) is 38.1 Å². The van der Waals surface area contributed by atoms with Crippen molar-refractivity contribution in [3.8, 4) is 0 Å². The van der Waals surface area contributed by atoms with Crippen LogP contribution in [0.2, 0.25) is 0 Å². The van der Waals surface area contributed by atoms with Crippen LogP contribution in [0.4, 0.5) is 0 Å². The van der Waals surface area contributed by atoms with Crippen LogP contribution >= 0.6 is 0 Å². The molecular weight excluding hydrogens is 200 g/mol. The van der Waals surface area contributed by atoms with Gasteiger partial charge < -0.3 is 5.32 Å². The van der Waals surface area contributed by atoms with Gasteiger partial charge in [0.25, 0.3) is 0 Å². The molecule has 0 amide bonds. The van der Waals surface area contributed by atoms with E-state index in [9.17, 15) is 8.42 Å². The average Bonchev–Trinajstić information content (AvgIpc) is 2.47. The molecule has 14 heavy (non-hydrogen) atoms. The molecule has 0 aromatic rings. The number of hydrogen-bond acceptors (Lipinski definition) is 3. The van der Waals surface area contributed by atoms with Crippen LogP contribution < -0.4 is 10.0 Å². The van der Waals surface area contributed by atoms with E-state index in [0.717, 1.165) is 25.7 Å². The van der Waals surface area contributed by atoms with Gasteiger partial charge in [-0.2, -0.15) is 0 Å². The highest BCUT2D eigenvalue weighted by Gasteiger charge is 2.32. The Hall–Kier alpha value is -0.130. The Bertz CT molecular complexity index is 269. The van der Waals surface area contributed by atoms with Gasteiger partial charge in [-0.3, -0.25) is 0 Å². The van der Waals surface area contributed by atoms with Crippen molar-refractivity contribution < 1.29 is 8.42 Å². The van der Waals surface area contributed by atoms with E-state index in [1.54, 1.807) is 7.05 Å². The van der Waals surface area contributed by atoms with Crippen LogP contribution in [-0.2, 0) is 10.0 Å². The minimum Gasteiger partial charge on any atom is -0.319 e. The molecule has 0 saturated heterocycles. The van der Waals surface area contributed by atoms with E-state index >= 15 is 0 Å². The maximum absolute atomic E-state index is 11.6. The second-order valence-electron chi connectivity index (χ2n) is 4.29. The largest absolute Gasteiger partial charge is 0.319 e. The van der Waals surface area contributed by atoms with Gasteiger partial charge in [0.2, 0.25) is 10.0 Å². The highest BCUT2D eigenvalue weighted by molar-refractivity contribution is 7.89. The number of hydrogen-bond donors (Lipinski definition) is 2. The van der Waals surface area contributed by atoms with Gasteiger partial charge in [-0.1, -0.05) is 12.8 Å². The molecule has 1 saturated carbocycles. The van der Waals surface area contributed by atoms with Crippen LogP contribution in [0.15, 0.2) is 0 Å². The minimum atomic E-state index is -3.10. The van der Waals surface area contributed by atoms with Gasteiger partial charge in [0.15, 0.2) is 0 Å². The number of sulfonamides is 1. The highest BCUT2D eigenvalue weighted by Crippen LogP contribution is 2.29. The Morgan fingerprint density at radius 2 is 1.86 bits per heavy atom. The highest BCUT2D eigenvalue weighted by atomic mass is 32.2. The summed E-state index contributed by atoms with van der Waals surface area (Å²) in [5.74, 6) is 0.166. The van der Waals surface area contributed by atoms with Crippen molar-refractivity contribution in [1.29, 1.82) is 0 Å². The summed E-state index contributed by atoms with van der Waals surface area (Å²) in [6.07, 6.45) is 4.19. The molecular formula is C9H20N2O2S. The summed E-state index contributed by atoms with van der Waals surface area (Å²) in [4.78, 5) is 0. The third kappa shape index (κ3) is 3.55. The molecule has 0 aromatic heterocycles. The first-order valence-electron chi connectivity index (χ1n) is 5.14. The third-order valence-electron chi connectivity index (χ3n) is 2.73. The van der Waals surface area contributed by atoms with E-state index in [-0.39, 0.29) is 11.3 Å². The molecule has 0 atom stereocenters. The Morgan fingerprint density at radius 1 is 1.29 bits per heavy atom. The molecule has 1 aliphatic carbocycles. The zero-order valence-electron chi connectivity index (χ0n) is 8.97. The molecule has 1 rings (SSSR count). The van der Waals surface area contributed by atoms with Gasteiger partial charge in [0, 0.05) is 12.1 Å². The fraction of sp³-hybridized carbons (Fsp3) is 1.00. The summed E-state index contributed by atoms with van der Waals surface area (Å²) < 4.78 is 26.0. The maximum Gasteiger partial charge on any atom is 0.213 e. The first-order chi connectivity index (χ1) is 6.47. The molecule has 1 aliphatic rings. The summed E-state index contributed by atoms with van der Waals surface area (Å²) in [7, 11) is -1.34. The fourth-order valence-corrected chi connectivity index (χ4v) is 3.45. The first kappa shape index (κ1) is 11.9. The Morgan fingerprint density at radius 3 is 2.36 bits per heavy atom. The first-order valence-corrected chi connectivity index (χ1v) is 6.79. The van der Waals surface area contributed by atoms with Crippen molar-refractivity contribution in [3.05, 3.63) is 0 Å². The molecule has 0 radical (unpaired) electrons. The molecule has 4 nitrogen and oxygen atoms in total. The lowest BCUT2D eigenvalue weighted by molar-refractivity contribution is 0.427. The lowest BCUT2D eigenvalue weighted by Gasteiger charge is -2.24. The molecule has 0 aromatic carbocycles. The van der Waals surface area contributed by atoms with E-state index in [2.05, 4.69) is 10.0 Å². The van der Waals surface area contributed by atoms with Gasteiger partial charge >= 0.3 is 0 Å². The van der Waals surface area contributed by atoms with Crippen LogP contribution in [-0.4, -0.2) is 33.3 Å². The zero-order chi connectivity index (χ0) is 10.7. The van der Waals surface area contributed by atoms with Crippen LogP contribution in [0.1, 0.15) is 32.6 Å². The van der Waals surface area contributed by atoms with Crippen LogP contribution in [0.5, 0.6) is 0 Å². The van der Waals surface area contributed by atoms with Gasteiger partial charge in [0.1, 0.15) is 0 Å². The Kier molecular flexibility index (Phi) is 3.92. The van der Waals surface area contributed by atoms with Gasteiger partial charge in [-0.15, -0.1) is 0 Å². The van der Waals surface area contributed by atoms with E-state index in [4.69, 9.17) is 0 Å². The fourth-order valence-electron chi connectivity index (χ4n) is 1.92. The average molecular weight is 220 g/mol. The van der Waals surface area contributed by atoms with Crippen molar-refractivity contribution in [2.75, 3.05) is 19.3 Å². The summed E-state index contributed by atoms with van der Waals surface area (Å²) in [6.45, 7) is 2.50. The monoisotopic (exact) mass is 220 g/mol. The SMILES string of the molecule is CNCCS(=O)(=O)NC1(C)CCCC1. The molecule has 0 heterocycles. The predicted octanol–water partition coefficient (Wildman–Crippen LogP) is 0.458. The smallest absolute Gasteiger partial charge is 0.213 e. The van der Waals surface area contributed by atoms with Gasteiger partial charge in [0.05, 0.1) is 5.75 Å². The third-order valence-corrected chi connectivity index (χ3v) is 4.28. The summed E-state index contributed by atoms with van der Waals surface area (Å²) in [5, 5.41) is 2.84. The second kappa shape index (κ2) is 4.59. The number of rotatable bonds is 5. The standard InChI is InChI=1S/C9H20N2O2S/c1-9(5-3-4-6-9)11-14(12,13)8-7-10-2/h10-11H,3-8H2,1-2H3. The molecule has 84 valence electrons. The molecule has 1 fully saturated rings. The van der Waals surface area contributed by atoms with Crippen molar-refractivity contribution >= 4 is 10.0 Å². The van der Waals surface area contributed by atoms with Gasteiger partial charge in [-0.05, 0) is 26.8 Å². The summed E-state index contributed by atoms with van der Waals surface area (Å²) in [6, 6.07) is 0. The van der Waals surface area contributed by atoms with E-state index in [0.29, 0.717) is 6.54 Å². The van der Waals surface area contributed by atoms with Crippen LogP contribution in [0, 0.1) is 0 Å².